The number of hydrogen-bond acceptors (Lipinski definition) is 3. The number of thioether (sulfide) groups is 1. The van der Waals surface area contributed by atoms with Crippen molar-refractivity contribution in [3.05, 3.63) is 78.1 Å². The fraction of sp³-hybridized carbons (Fsp3) is 0.158. The molecule has 0 aliphatic carbocycles. The minimum atomic E-state index is 0.0411. The highest BCUT2D eigenvalue weighted by molar-refractivity contribution is 8.00. The molecule has 1 aromatic heterocycles. The smallest absolute Gasteiger partial charge is 0.230 e. The maximum atomic E-state index is 12.0. The van der Waals surface area contributed by atoms with Crippen LogP contribution in [0.5, 0.6) is 0 Å². The Balaban J connectivity index is 1.48. The van der Waals surface area contributed by atoms with Gasteiger partial charge in [0.15, 0.2) is 0 Å². The molecule has 24 heavy (non-hydrogen) atoms. The van der Waals surface area contributed by atoms with Crippen LogP contribution in [0.4, 0.5) is 0 Å². The molecule has 4 nitrogen and oxygen atoms in total. The monoisotopic (exact) mass is 337 g/mol. The van der Waals surface area contributed by atoms with Crippen LogP contribution in [0, 0.1) is 6.92 Å². The predicted octanol–water partition coefficient (Wildman–Crippen LogP) is 3.59. The highest BCUT2D eigenvalue weighted by Gasteiger charge is 2.05. The highest BCUT2D eigenvalue weighted by Crippen LogP contribution is 2.21. The van der Waals surface area contributed by atoms with Gasteiger partial charge in [-0.3, -0.25) is 4.79 Å². The number of benzene rings is 2. The highest BCUT2D eigenvalue weighted by atomic mass is 32.2. The van der Waals surface area contributed by atoms with E-state index in [2.05, 4.69) is 23.4 Å². The first-order chi connectivity index (χ1) is 11.7. The summed E-state index contributed by atoms with van der Waals surface area (Å²) < 4.78 is 1.81. The number of rotatable bonds is 6. The normalized spacial score (nSPS) is 10.5. The van der Waals surface area contributed by atoms with Crippen molar-refractivity contribution in [2.45, 2.75) is 18.4 Å². The fourth-order valence-electron chi connectivity index (χ4n) is 2.30. The predicted molar refractivity (Wildman–Crippen MR) is 97.3 cm³/mol. The van der Waals surface area contributed by atoms with Crippen LogP contribution in [0.3, 0.4) is 0 Å². The molecule has 0 bridgehead atoms. The maximum Gasteiger partial charge on any atom is 0.230 e. The summed E-state index contributed by atoms with van der Waals surface area (Å²) in [4.78, 5) is 13.2. The zero-order valence-electron chi connectivity index (χ0n) is 13.5. The molecular formula is C19H19N3OS. The van der Waals surface area contributed by atoms with Gasteiger partial charge in [-0.1, -0.05) is 30.3 Å². The summed E-state index contributed by atoms with van der Waals surface area (Å²) in [5, 5.41) is 7.16. The van der Waals surface area contributed by atoms with Crippen LogP contribution in [-0.2, 0) is 11.3 Å². The van der Waals surface area contributed by atoms with Crippen molar-refractivity contribution in [2.75, 3.05) is 5.75 Å². The second kappa shape index (κ2) is 7.84. The van der Waals surface area contributed by atoms with Crippen molar-refractivity contribution >= 4 is 17.7 Å². The number of carbonyl (C=O) groups excluding carboxylic acids is 1. The molecule has 3 rings (SSSR count). The lowest BCUT2D eigenvalue weighted by molar-refractivity contribution is -0.118. The summed E-state index contributed by atoms with van der Waals surface area (Å²) in [5.74, 6) is 0.468. The van der Waals surface area contributed by atoms with E-state index in [1.165, 1.54) is 5.56 Å². The number of aryl methyl sites for hydroxylation is 1. The molecule has 5 heteroatoms. The first-order valence-electron chi connectivity index (χ1n) is 7.76. The summed E-state index contributed by atoms with van der Waals surface area (Å²) in [6, 6.07) is 18.0. The van der Waals surface area contributed by atoms with Gasteiger partial charge in [0, 0.05) is 23.8 Å². The maximum absolute atomic E-state index is 12.0. The van der Waals surface area contributed by atoms with Crippen molar-refractivity contribution in [1.29, 1.82) is 0 Å². The average Bonchev–Trinajstić information content (AvgIpc) is 3.14. The zero-order chi connectivity index (χ0) is 16.8. The largest absolute Gasteiger partial charge is 0.351 e. The van der Waals surface area contributed by atoms with Crippen LogP contribution < -0.4 is 5.32 Å². The number of hydrogen-bond donors (Lipinski definition) is 1. The van der Waals surface area contributed by atoms with E-state index < -0.39 is 0 Å². The minimum Gasteiger partial charge on any atom is -0.351 e. The van der Waals surface area contributed by atoms with Gasteiger partial charge in [-0.2, -0.15) is 5.10 Å². The van der Waals surface area contributed by atoms with Crippen LogP contribution in [0.15, 0.2) is 71.9 Å². The fourth-order valence-corrected chi connectivity index (χ4v) is 3.16. The van der Waals surface area contributed by atoms with Crippen molar-refractivity contribution < 1.29 is 4.79 Å². The van der Waals surface area contributed by atoms with E-state index in [-0.39, 0.29) is 5.91 Å². The summed E-state index contributed by atoms with van der Waals surface area (Å²) in [6.45, 7) is 2.59. The van der Waals surface area contributed by atoms with Gasteiger partial charge in [0.2, 0.25) is 5.91 Å². The average molecular weight is 337 g/mol. The van der Waals surface area contributed by atoms with E-state index in [9.17, 15) is 4.79 Å². The number of nitrogens with zero attached hydrogens (tertiary/aromatic N) is 2. The Bertz CT molecular complexity index is 798. The quantitative estimate of drug-likeness (QED) is 0.699. The molecule has 0 saturated carbocycles. The van der Waals surface area contributed by atoms with Crippen molar-refractivity contribution in [1.82, 2.24) is 15.1 Å². The zero-order valence-corrected chi connectivity index (χ0v) is 14.3. The van der Waals surface area contributed by atoms with Gasteiger partial charge in [0.1, 0.15) is 0 Å². The molecule has 0 spiro atoms. The number of aromatic nitrogens is 2. The van der Waals surface area contributed by atoms with Crippen molar-refractivity contribution in [2.24, 2.45) is 0 Å². The van der Waals surface area contributed by atoms with Crippen molar-refractivity contribution in [3.8, 4) is 5.69 Å². The number of amides is 1. The summed E-state index contributed by atoms with van der Waals surface area (Å²) in [6.07, 6.45) is 3.65. The molecule has 0 saturated heterocycles. The molecule has 0 atom stereocenters. The number of nitrogens with one attached hydrogen (secondary N) is 1. The molecule has 0 fully saturated rings. The van der Waals surface area contributed by atoms with E-state index in [4.69, 9.17) is 0 Å². The van der Waals surface area contributed by atoms with Gasteiger partial charge in [-0.25, -0.2) is 4.68 Å². The van der Waals surface area contributed by atoms with E-state index in [1.54, 1.807) is 22.6 Å². The molecule has 1 amide bonds. The van der Waals surface area contributed by atoms with E-state index in [0.717, 1.165) is 16.1 Å². The molecule has 3 aromatic rings. The Kier molecular flexibility index (Phi) is 5.33. The minimum absolute atomic E-state index is 0.0411. The Morgan fingerprint density at radius 1 is 1.12 bits per heavy atom. The van der Waals surface area contributed by atoms with Gasteiger partial charge in [0.05, 0.1) is 11.4 Å². The van der Waals surface area contributed by atoms with Crippen LogP contribution in [0.2, 0.25) is 0 Å². The topological polar surface area (TPSA) is 46.9 Å². The molecule has 0 radical (unpaired) electrons. The van der Waals surface area contributed by atoms with E-state index in [1.807, 2.05) is 54.7 Å². The Labute approximate surface area is 145 Å². The standard InChI is InChI=1S/C19H19N3OS/c1-15-5-2-3-6-18(15)24-14-19(23)20-13-16-7-9-17(10-8-16)22-12-4-11-21-22/h2-12H,13-14H2,1H3,(H,20,23). The molecule has 122 valence electrons. The summed E-state index contributed by atoms with van der Waals surface area (Å²) in [5.41, 5.74) is 3.27. The SMILES string of the molecule is Cc1ccccc1SCC(=O)NCc1ccc(-n2cccn2)cc1. The molecule has 1 heterocycles. The lowest BCUT2D eigenvalue weighted by Gasteiger charge is -2.08. The van der Waals surface area contributed by atoms with Gasteiger partial charge < -0.3 is 5.32 Å². The van der Waals surface area contributed by atoms with Crippen molar-refractivity contribution in [3.63, 3.8) is 0 Å². The number of carbonyl (C=O) groups is 1. The molecule has 0 aliphatic heterocycles. The summed E-state index contributed by atoms with van der Waals surface area (Å²) >= 11 is 1.57. The Morgan fingerprint density at radius 2 is 1.92 bits per heavy atom. The van der Waals surface area contributed by atoms with Gasteiger partial charge in [-0.05, 0) is 42.3 Å². The van der Waals surface area contributed by atoms with E-state index in [0.29, 0.717) is 12.3 Å². The first kappa shape index (κ1) is 16.3. The van der Waals surface area contributed by atoms with Crippen LogP contribution in [0.25, 0.3) is 5.69 Å². The third-order valence-electron chi connectivity index (χ3n) is 3.65. The van der Waals surface area contributed by atoms with Gasteiger partial charge in [0.25, 0.3) is 0 Å². The molecule has 0 unspecified atom stereocenters. The van der Waals surface area contributed by atoms with Crippen LogP contribution in [0.1, 0.15) is 11.1 Å². The van der Waals surface area contributed by atoms with Gasteiger partial charge in [-0.15, -0.1) is 11.8 Å². The van der Waals surface area contributed by atoms with Crippen LogP contribution in [-0.4, -0.2) is 21.4 Å². The first-order valence-corrected chi connectivity index (χ1v) is 8.75. The molecule has 0 aliphatic rings. The van der Waals surface area contributed by atoms with Crippen LogP contribution >= 0.6 is 11.8 Å². The molecular weight excluding hydrogens is 318 g/mol. The molecule has 1 N–H and O–H groups in total. The lowest BCUT2D eigenvalue weighted by atomic mass is 10.2. The Morgan fingerprint density at radius 3 is 2.62 bits per heavy atom. The van der Waals surface area contributed by atoms with E-state index >= 15 is 0 Å². The third kappa shape index (κ3) is 4.26. The second-order valence-electron chi connectivity index (χ2n) is 5.45. The Hall–Kier alpha value is -2.53. The summed E-state index contributed by atoms with van der Waals surface area (Å²) in [7, 11) is 0. The third-order valence-corrected chi connectivity index (χ3v) is 4.82. The second-order valence-corrected chi connectivity index (χ2v) is 6.47. The van der Waals surface area contributed by atoms with Gasteiger partial charge >= 0.3 is 0 Å². The molecule has 2 aromatic carbocycles. The lowest BCUT2D eigenvalue weighted by Crippen LogP contribution is -2.24.